The minimum atomic E-state index is -3.65. The van der Waals surface area contributed by atoms with Crippen molar-refractivity contribution in [2.45, 2.75) is 0 Å². The lowest BCUT2D eigenvalue weighted by molar-refractivity contribution is 0.102. The highest BCUT2D eigenvalue weighted by atomic mass is 32.2. The molecule has 0 aromatic heterocycles. The maximum absolute atomic E-state index is 11.7. The number of ketones is 1. The van der Waals surface area contributed by atoms with E-state index in [0.29, 0.717) is 5.75 Å². The van der Waals surface area contributed by atoms with Crippen LogP contribution in [0.2, 0.25) is 0 Å². The first kappa shape index (κ1) is 13.2. The fraction of sp³-hybridized carbons (Fsp3) is 0.273. The molecule has 0 aliphatic carbocycles. The summed E-state index contributed by atoms with van der Waals surface area (Å²) in [4.78, 5) is 11.7. The van der Waals surface area contributed by atoms with E-state index in [1.807, 2.05) is 0 Å². The van der Waals surface area contributed by atoms with Gasteiger partial charge in [0.25, 0.3) is 0 Å². The van der Waals surface area contributed by atoms with Crippen molar-refractivity contribution in [1.29, 1.82) is 5.26 Å². The minimum absolute atomic E-state index is 0.255. The van der Waals surface area contributed by atoms with Gasteiger partial charge in [0, 0.05) is 5.56 Å². The van der Waals surface area contributed by atoms with Crippen molar-refractivity contribution in [2.24, 2.45) is 0 Å². The number of ether oxygens (including phenoxy) is 1. The average Bonchev–Trinajstić information content (AvgIpc) is 2.28. The summed E-state index contributed by atoms with van der Waals surface area (Å²) >= 11 is 0. The number of carbonyl (C=O) groups is 1. The van der Waals surface area contributed by atoms with Crippen molar-refractivity contribution in [2.75, 3.05) is 18.6 Å². The summed E-state index contributed by atoms with van der Waals surface area (Å²) in [6, 6.07) is 7.75. The number of Topliss-reactive ketones (excluding diaryl/α,β-unsaturated/α-hetero) is 1. The number of benzene rings is 1. The summed E-state index contributed by atoms with van der Waals surface area (Å²) in [5.74, 6) is -1.37. The molecule has 0 fully saturated rings. The van der Waals surface area contributed by atoms with E-state index in [1.54, 1.807) is 12.1 Å². The molecule has 5 nitrogen and oxygen atoms in total. The van der Waals surface area contributed by atoms with Gasteiger partial charge < -0.3 is 4.74 Å². The smallest absolute Gasteiger partial charge is 0.178 e. The van der Waals surface area contributed by atoms with Crippen LogP contribution < -0.4 is 4.74 Å². The number of carbonyl (C=O) groups excluding carboxylic acids is 1. The van der Waals surface area contributed by atoms with Gasteiger partial charge >= 0.3 is 0 Å². The molecule has 1 aromatic carbocycles. The number of nitrogens with zero attached hydrogens (tertiary/aromatic N) is 1. The first-order valence-corrected chi connectivity index (χ1v) is 6.55. The first-order chi connectivity index (χ1) is 7.98. The second kappa shape index (κ2) is 5.46. The van der Waals surface area contributed by atoms with Crippen LogP contribution in [0.5, 0.6) is 5.75 Å². The standard InChI is InChI=1S/C11H11NO4S/c1-16-10-4-2-3-9(7-10)11(13)8-17(14,15)6-5-12/h2-4,7H,6,8H2,1H3. The molecule has 17 heavy (non-hydrogen) atoms. The Labute approximate surface area is 99.5 Å². The number of methoxy groups -OCH3 is 1. The van der Waals surface area contributed by atoms with Gasteiger partial charge in [-0.15, -0.1) is 0 Å². The van der Waals surface area contributed by atoms with Crippen molar-refractivity contribution in [3.63, 3.8) is 0 Å². The van der Waals surface area contributed by atoms with E-state index < -0.39 is 27.1 Å². The summed E-state index contributed by atoms with van der Waals surface area (Å²) in [7, 11) is -2.20. The van der Waals surface area contributed by atoms with E-state index in [9.17, 15) is 13.2 Å². The number of nitriles is 1. The summed E-state index contributed by atoms with van der Waals surface area (Å²) in [5, 5.41) is 8.31. The van der Waals surface area contributed by atoms with Gasteiger partial charge in [0.1, 0.15) is 17.3 Å². The Kier molecular flexibility index (Phi) is 4.24. The van der Waals surface area contributed by atoms with Crippen molar-refractivity contribution in [3.8, 4) is 11.8 Å². The van der Waals surface area contributed by atoms with Crippen LogP contribution in [0.4, 0.5) is 0 Å². The number of rotatable bonds is 5. The molecular weight excluding hydrogens is 242 g/mol. The van der Waals surface area contributed by atoms with Crippen LogP contribution in [-0.2, 0) is 9.84 Å². The Morgan fingerprint density at radius 3 is 2.76 bits per heavy atom. The van der Waals surface area contributed by atoms with Gasteiger partial charge in [-0.25, -0.2) is 8.42 Å². The molecule has 0 bridgehead atoms. The summed E-state index contributed by atoms with van der Waals surface area (Å²) in [5.41, 5.74) is 0.255. The zero-order valence-electron chi connectivity index (χ0n) is 9.21. The fourth-order valence-electron chi connectivity index (χ4n) is 1.23. The second-order valence-corrected chi connectivity index (χ2v) is 5.41. The molecule has 0 aliphatic heterocycles. The quantitative estimate of drug-likeness (QED) is 0.725. The molecule has 0 unspecified atom stereocenters. The van der Waals surface area contributed by atoms with Crippen LogP contribution in [0, 0.1) is 11.3 Å². The Bertz CT molecular complexity index is 557. The molecule has 0 heterocycles. The fourth-order valence-corrected chi connectivity index (χ4v) is 2.09. The zero-order chi connectivity index (χ0) is 12.9. The van der Waals surface area contributed by atoms with E-state index in [1.165, 1.54) is 25.3 Å². The van der Waals surface area contributed by atoms with Crippen molar-refractivity contribution >= 4 is 15.6 Å². The van der Waals surface area contributed by atoms with Crippen molar-refractivity contribution in [1.82, 2.24) is 0 Å². The number of hydrogen-bond donors (Lipinski definition) is 0. The third kappa shape index (κ3) is 3.89. The third-order valence-electron chi connectivity index (χ3n) is 2.03. The summed E-state index contributed by atoms with van der Waals surface area (Å²) in [6.07, 6.45) is 0. The van der Waals surface area contributed by atoms with Gasteiger partial charge in [-0.1, -0.05) is 12.1 Å². The summed E-state index contributed by atoms with van der Waals surface area (Å²) in [6.45, 7) is 0. The zero-order valence-corrected chi connectivity index (χ0v) is 10.0. The maximum atomic E-state index is 11.7. The van der Waals surface area contributed by atoms with Gasteiger partial charge in [0.05, 0.1) is 13.2 Å². The number of sulfone groups is 1. The molecule has 90 valence electrons. The van der Waals surface area contributed by atoms with E-state index in [4.69, 9.17) is 10.00 Å². The lowest BCUT2D eigenvalue weighted by Gasteiger charge is -2.03. The van der Waals surface area contributed by atoms with E-state index in [2.05, 4.69) is 0 Å². The predicted molar refractivity (Wildman–Crippen MR) is 61.6 cm³/mol. The molecule has 0 saturated heterocycles. The second-order valence-electron chi connectivity index (χ2n) is 3.35. The lowest BCUT2D eigenvalue weighted by Crippen LogP contribution is -2.18. The Balaban J connectivity index is 2.88. The molecule has 1 aromatic rings. The Hall–Kier alpha value is -1.87. The number of hydrogen-bond acceptors (Lipinski definition) is 5. The third-order valence-corrected chi connectivity index (χ3v) is 3.30. The predicted octanol–water partition coefficient (Wildman–Crippen LogP) is 0.816. The molecule has 0 N–H and O–H groups in total. The molecule has 0 atom stereocenters. The highest BCUT2D eigenvalue weighted by Crippen LogP contribution is 2.13. The minimum Gasteiger partial charge on any atom is -0.497 e. The highest BCUT2D eigenvalue weighted by Gasteiger charge is 2.17. The van der Waals surface area contributed by atoms with Gasteiger partial charge in [-0.05, 0) is 12.1 Å². The normalized spacial score (nSPS) is 10.6. The molecule has 0 amide bonds. The average molecular weight is 253 g/mol. The maximum Gasteiger partial charge on any atom is 0.178 e. The van der Waals surface area contributed by atoms with Crippen molar-refractivity contribution < 1.29 is 17.9 Å². The van der Waals surface area contributed by atoms with Crippen LogP contribution in [0.1, 0.15) is 10.4 Å². The van der Waals surface area contributed by atoms with Crippen molar-refractivity contribution in [3.05, 3.63) is 29.8 Å². The molecule has 0 spiro atoms. The van der Waals surface area contributed by atoms with Crippen LogP contribution in [-0.4, -0.2) is 32.8 Å². The molecule has 1 rings (SSSR count). The van der Waals surface area contributed by atoms with Gasteiger partial charge in [-0.2, -0.15) is 5.26 Å². The van der Waals surface area contributed by atoms with Crippen LogP contribution in [0.25, 0.3) is 0 Å². The molecular formula is C11H11NO4S. The van der Waals surface area contributed by atoms with Crippen LogP contribution >= 0.6 is 0 Å². The SMILES string of the molecule is COc1cccc(C(=O)CS(=O)(=O)CC#N)c1. The van der Waals surface area contributed by atoms with Crippen LogP contribution in [0.3, 0.4) is 0 Å². The Morgan fingerprint density at radius 2 is 2.18 bits per heavy atom. The van der Waals surface area contributed by atoms with Gasteiger partial charge in [0.15, 0.2) is 15.6 Å². The van der Waals surface area contributed by atoms with Crippen LogP contribution in [0.15, 0.2) is 24.3 Å². The highest BCUT2D eigenvalue weighted by molar-refractivity contribution is 7.92. The topological polar surface area (TPSA) is 84.2 Å². The lowest BCUT2D eigenvalue weighted by atomic mass is 10.1. The molecule has 0 saturated carbocycles. The van der Waals surface area contributed by atoms with Gasteiger partial charge in [0.2, 0.25) is 0 Å². The first-order valence-electron chi connectivity index (χ1n) is 4.73. The molecule has 0 radical (unpaired) electrons. The molecule has 6 heteroatoms. The van der Waals surface area contributed by atoms with E-state index in [0.717, 1.165) is 0 Å². The van der Waals surface area contributed by atoms with Gasteiger partial charge in [-0.3, -0.25) is 4.79 Å². The van der Waals surface area contributed by atoms with E-state index >= 15 is 0 Å². The Morgan fingerprint density at radius 1 is 1.47 bits per heavy atom. The van der Waals surface area contributed by atoms with E-state index in [-0.39, 0.29) is 5.56 Å². The summed E-state index contributed by atoms with van der Waals surface area (Å²) < 4.78 is 27.5. The largest absolute Gasteiger partial charge is 0.497 e. The molecule has 0 aliphatic rings. The monoisotopic (exact) mass is 253 g/mol.